The van der Waals surface area contributed by atoms with Crippen molar-refractivity contribution in [2.45, 2.75) is 44.4 Å². The third-order valence-electron chi connectivity index (χ3n) is 5.69. The summed E-state index contributed by atoms with van der Waals surface area (Å²) in [6, 6.07) is 22.6. The number of rotatable bonds is 14. The Morgan fingerprint density at radius 1 is 0.947 bits per heavy atom. The number of benzene rings is 3. The van der Waals surface area contributed by atoms with Crippen molar-refractivity contribution in [3.63, 3.8) is 0 Å². The number of methoxy groups -OCH3 is 1. The Morgan fingerprint density at radius 2 is 1.71 bits per heavy atom. The van der Waals surface area contributed by atoms with Gasteiger partial charge in [0.05, 0.1) is 13.7 Å². The van der Waals surface area contributed by atoms with Crippen LogP contribution in [0.4, 0.5) is 0 Å². The van der Waals surface area contributed by atoms with Gasteiger partial charge in [-0.2, -0.15) is 0 Å². The topological polar surface area (TPSA) is 65.1 Å². The van der Waals surface area contributed by atoms with Crippen LogP contribution < -0.4 is 14.2 Å². The Balaban J connectivity index is 1.77. The predicted octanol–water partition coefficient (Wildman–Crippen LogP) is 7.14. The highest BCUT2D eigenvalue weighted by Crippen LogP contribution is 2.29. The predicted molar refractivity (Wildman–Crippen MR) is 152 cm³/mol. The van der Waals surface area contributed by atoms with E-state index in [1.165, 1.54) is 6.92 Å². The van der Waals surface area contributed by atoms with Gasteiger partial charge in [0.1, 0.15) is 5.75 Å². The summed E-state index contributed by atoms with van der Waals surface area (Å²) in [5.74, 6) is 1.18. The first-order valence-corrected chi connectivity index (χ1v) is 13.7. The second-order valence-corrected chi connectivity index (χ2v) is 9.60. The summed E-state index contributed by atoms with van der Waals surface area (Å²) in [6.07, 6.45) is 5.58. The van der Waals surface area contributed by atoms with Gasteiger partial charge < -0.3 is 19.1 Å². The average molecular weight is 534 g/mol. The van der Waals surface area contributed by atoms with Crippen LogP contribution in [0.1, 0.15) is 49.0 Å². The molecule has 0 heterocycles. The van der Waals surface area contributed by atoms with Crippen LogP contribution in [-0.4, -0.2) is 37.0 Å². The molecule has 0 N–H and O–H groups in total. The SMILES string of the molecule is CCCCCOc1cc(C(=O)N(/C=C/Sc2ccccc2)CCc2ccc(OC(C)=O)cc2)ccc1OC. The summed E-state index contributed by atoms with van der Waals surface area (Å²) in [4.78, 5) is 27.6. The molecule has 3 rings (SSSR count). The third-order valence-corrected chi connectivity index (χ3v) is 6.49. The Labute approximate surface area is 229 Å². The van der Waals surface area contributed by atoms with Crippen LogP contribution >= 0.6 is 11.8 Å². The fourth-order valence-corrected chi connectivity index (χ4v) is 4.37. The van der Waals surface area contributed by atoms with Gasteiger partial charge in [0.25, 0.3) is 5.91 Å². The molecule has 3 aromatic carbocycles. The van der Waals surface area contributed by atoms with Crippen LogP contribution in [0.2, 0.25) is 0 Å². The molecule has 0 saturated carbocycles. The Hall–Kier alpha value is -3.71. The molecule has 0 aromatic heterocycles. The van der Waals surface area contributed by atoms with Crippen LogP contribution in [0.15, 0.2) is 89.3 Å². The summed E-state index contributed by atoms with van der Waals surface area (Å²) < 4.78 is 16.5. The van der Waals surface area contributed by atoms with E-state index in [-0.39, 0.29) is 11.9 Å². The van der Waals surface area contributed by atoms with E-state index in [9.17, 15) is 9.59 Å². The highest BCUT2D eigenvalue weighted by atomic mass is 32.2. The second kappa shape index (κ2) is 15.5. The monoisotopic (exact) mass is 533 g/mol. The van der Waals surface area contributed by atoms with E-state index in [4.69, 9.17) is 14.2 Å². The van der Waals surface area contributed by atoms with E-state index in [2.05, 4.69) is 6.92 Å². The Bertz CT molecular complexity index is 1190. The second-order valence-electron chi connectivity index (χ2n) is 8.62. The van der Waals surface area contributed by atoms with E-state index in [0.29, 0.717) is 42.4 Å². The molecule has 0 radical (unpaired) electrons. The lowest BCUT2D eigenvalue weighted by Gasteiger charge is -2.20. The van der Waals surface area contributed by atoms with E-state index >= 15 is 0 Å². The average Bonchev–Trinajstić information content (AvgIpc) is 2.93. The van der Waals surface area contributed by atoms with Gasteiger partial charge in [-0.1, -0.05) is 61.9 Å². The van der Waals surface area contributed by atoms with Gasteiger partial charge in [0.2, 0.25) is 0 Å². The number of thioether (sulfide) groups is 1. The molecule has 6 nitrogen and oxygen atoms in total. The molecule has 0 aliphatic rings. The zero-order valence-electron chi connectivity index (χ0n) is 22.2. The molecule has 0 aliphatic heterocycles. The molecular formula is C31H35NO5S. The summed E-state index contributed by atoms with van der Waals surface area (Å²) >= 11 is 1.55. The maximum Gasteiger partial charge on any atom is 0.308 e. The molecular weight excluding hydrogens is 498 g/mol. The number of hydrogen-bond acceptors (Lipinski definition) is 6. The van der Waals surface area contributed by atoms with E-state index in [0.717, 1.165) is 29.7 Å². The van der Waals surface area contributed by atoms with Crippen LogP contribution in [0.3, 0.4) is 0 Å². The Kier molecular flexibility index (Phi) is 11.8. The maximum absolute atomic E-state index is 13.6. The van der Waals surface area contributed by atoms with Crippen molar-refractivity contribution in [1.29, 1.82) is 0 Å². The first kappa shape index (κ1) is 28.9. The number of carbonyl (C=O) groups is 2. The maximum atomic E-state index is 13.6. The van der Waals surface area contributed by atoms with Crippen molar-refractivity contribution in [1.82, 2.24) is 4.90 Å². The smallest absolute Gasteiger partial charge is 0.308 e. The quantitative estimate of drug-likeness (QED) is 0.0950. The summed E-state index contributed by atoms with van der Waals surface area (Å²) in [5, 5.41) is 1.92. The van der Waals surface area contributed by atoms with Crippen molar-refractivity contribution in [2.75, 3.05) is 20.3 Å². The molecule has 0 saturated heterocycles. The number of nitrogens with zero attached hydrogens (tertiary/aromatic N) is 1. The van der Waals surface area contributed by atoms with Crippen molar-refractivity contribution in [3.8, 4) is 17.2 Å². The first-order valence-electron chi connectivity index (χ1n) is 12.8. The minimum absolute atomic E-state index is 0.132. The zero-order chi connectivity index (χ0) is 27.2. The third kappa shape index (κ3) is 9.30. The van der Waals surface area contributed by atoms with Crippen LogP contribution in [0.5, 0.6) is 17.2 Å². The van der Waals surface area contributed by atoms with Gasteiger partial charge >= 0.3 is 5.97 Å². The number of esters is 1. The highest BCUT2D eigenvalue weighted by molar-refractivity contribution is 8.02. The summed E-state index contributed by atoms with van der Waals surface area (Å²) in [7, 11) is 1.60. The number of carbonyl (C=O) groups excluding carboxylic acids is 2. The van der Waals surface area contributed by atoms with Crippen molar-refractivity contribution in [3.05, 3.63) is 95.5 Å². The van der Waals surface area contributed by atoms with Crippen molar-refractivity contribution in [2.24, 2.45) is 0 Å². The number of amides is 1. The zero-order valence-corrected chi connectivity index (χ0v) is 23.0. The Morgan fingerprint density at radius 3 is 2.39 bits per heavy atom. The molecule has 0 unspecified atom stereocenters. The van der Waals surface area contributed by atoms with Gasteiger partial charge in [-0.15, -0.1) is 0 Å². The van der Waals surface area contributed by atoms with Crippen LogP contribution in [0.25, 0.3) is 0 Å². The van der Waals surface area contributed by atoms with Crippen LogP contribution in [0, 0.1) is 0 Å². The van der Waals surface area contributed by atoms with Crippen molar-refractivity contribution >= 4 is 23.6 Å². The molecule has 0 fully saturated rings. The van der Waals surface area contributed by atoms with E-state index < -0.39 is 0 Å². The lowest BCUT2D eigenvalue weighted by molar-refractivity contribution is -0.131. The normalized spacial score (nSPS) is 10.8. The fraction of sp³-hybridized carbons (Fsp3) is 0.290. The largest absolute Gasteiger partial charge is 0.493 e. The fourth-order valence-electron chi connectivity index (χ4n) is 3.69. The molecule has 1 amide bonds. The van der Waals surface area contributed by atoms with Gasteiger partial charge in [0.15, 0.2) is 11.5 Å². The summed E-state index contributed by atoms with van der Waals surface area (Å²) in [6.45, 7) is 4.56. The number of hydrogen-bond donors (Lipinski definition) is 0. The molecule has 200 valence electrons. The van der Waals surface area contributed by atoms with Gasteiger partial charge in [0, 0.05) is 30.1 Å². The standard InChI is InChI=1S/C31H35NO5S/c1-4-5-9-21-36-30-23-26(14-17-29(30)35-3)31(34)32(20-22-38-28-10-7-6-8-11-28)19-18-25-12-15-27(16-13-25)37-24(2)33/h6-8,10-17,20,22-23H,4-5,9,18-19,21H2,1-3H3/b22-20+. The van der Waals surface area contributed by atoms with Gasteiger partial charge in [-0.25, -0.2) is 0 Å². The van der Waals surface area contributed by atoms with E-state index in [1.54, 1.807) is 54.1 Å². The first-order chi connectivity index (χ1) is 18.5. The minimum atomic E-state index is -0.358. The number of unbranched alkanes of at least 4 members (excludes halogenated alkanes) is 2. The molecule has 0 atom stereocenters. The van der Waals surface area contributed by atoms with Gasteiger partial charge in [-0.05, 0) is 66.3 Å². The van der Waals surface area contributed by atoms with Crippen LogP contribution in [-0.2, 0) is 11.2 Å². The molecule has 0 bridgehead atoms. The molecule has 0 spiro atoms. The van der Waals surface area contributed by atoms with Gasteiger partial charge in [-0.3, -0.25) is 9.59 Å². The highest BCUT2D eigenvalue weighted by Gasteiger charge is 2.17. The summed E-state index contributed by atoms with van der Waals surface area (Å²) in [5.41, 5.74) is 1.55. The minimum Gasteiger partial charge on any atom is -0.493 e. The lowest BCUT2D eigenvalue weighted by Crippen LogP contribution is -2.28. The van der Waals surface area contributed by atoms with E-state index in [1.807, 2.05) is 54.1 Å². The van der Waals surface area contributed by atoms with Crippen molar-refractivity contribution < 1.29 is 23.8 Å². The molecule has 0 aliphatic carbocycles. The molecule has 38 heavy (non-hydrogen) atoms. The molecule has 7 heteroatoms. The molecule has 3 aromatic rings. The lowest BCUT2D eigenvalue weighted by atomic mass is 10.1. The number of ether oxygens (including phenoxy) is 3.